The van der Waals surface area contributed by atoms with Gasteiger partial charge in [0.05, 0.1) is 29.4 Å². The fraction of sp³-hybridized carbons (Fsp3) is 0.259. The third-order valence-electron chi connectivity index (χ3n) is 6.19. The lowest BCUT2D eigenvalue weighted by Gasteiger charge is -2.36. The van der Waals surface area contributed by atoms with E-state index in [1.807, 2.05) is 61.5 Å². The Labute approximate surface area is 205 Å². The second-order valence-corrected chi connectivity index (χ2v) is 8.78. The molecule has 7 heteroatoms. The van der Waals surface area contributed by atoms with Crippen LogP contribution in [0.1, 0.15) is 18.3 Å². The number of benzene rings is 1. The van der Waals surface area contributed by atoms with Crippen molar-refractivity contribution in [3.05, 3.63) is 89.8 Å². The number of aromatic nitrogens is 3. The van der Waals surface area contributed by atoms with Gasteiger partial charge in [-0.15, -0.1) is 0 Å². The Hall–Kier alpha value is -3.35. The molecular weight excluding hydrogens is 446 g/mol. The van der Waals surface area contributed by atoms with Gasteiger partial charge in [0.15, 0.2) is 0 Å². The van der Waals surface area contributed by atoms with E-state index in [-0.39, 0.29) is 0 Å². The van der Waals surface area contributed by atoms with Crippen LogP contribution in [0, 0.1) is 0 Å². The van der Waals surface area contributed by atoms with Crippen molar-refractivity contribution in [2.24, 2.45) is 0 Å². The maximum Gasteiger partial charge on any atom is 0.213 e. The van der Waals surface area contributed by atoms with Crippen molar-refractivity contribution in [2.45, 2.75) is 13.5 Å². The van der Waals surface area contributed by atoms with Crippen LogP contribution in [0.25, 0.3) is 22.6 Å². The molecule has 1 fully saturated rings. The number of halogens is 1. The molecule has 0 unspecified atom stereocenters. The fourth-order valence-electron chi connectivity index (χ4n) is 4.39. The van der Waals surface area contributed by atoms with Gasteiger partial charge in [-0.25, -0.2) is 9.97 Å². The number of hydrogen-bond acceptors (Lipinski definition) is 5. The van der Waals surface area contributed by atoms with E-state index in [4.69, 9.17) is 21.3 Å². The molecule has 1 saturated heterocycles. The van der Waals surface area contributed by atoms with E-state index in [0.717, 1.165) is 66.0 Å². The monoisotopic (exact) mass is 473 g/mol. The van der Waals surface area contributed by atoms with Crippen molar-refractivity contribution in [1.82, 2.24) is 24.2 Å². The van der Waals surface area contributed by atoms with E-state index in [2.05, 4.69) is 38.0 Å². The van der Waals surface area contributed by atoms with E-state index in [9.17, 15) is 0 Å². The van der Waals surface area contributed by atoms with E-state index in [0.29, 0.717) is 12.5 Å². The molecule has 5 rings (SSSR count). The first-order chi connectivity index (χ1) is 16.6. The molecule has 0 radical (unpaired) electrons. The highest BCUT2D eigenvalue weighted by Crippen LogP contribution is 2.28. The van der Waals surface area contributed by atoms with Crippen LogP contribution in [0.4, 0.5) is 0 Å². The molecule has 3 aromatic heterocycles. The fourth-order valence-corrected chi connectivity index (χ4v) is 4.52. The van der Waals surface area contributed by atoms with Crippen LogP contribution in [-0.4, -0.2) is 57.0 Å². The topological polar surface area (TPSA) is 45.9 Å². The summed E-state index contributed by atoms with van der Waals surface area (Å²) < 4.78 is 7.75. The van der Waals surface area contributed by atoms with Crippen LogP contribution in [0.15, 0.2) is 73.4 Å². The molecule has 4 heterocycles. The van der Waals surface area contributed by atoms with Gasteiger partial charge in [0.2, 0.25) is 5.88 Å². The molecule has 0 amide bonds. The van der Waals surface area contributed by atoms with Gasteiger partial charge in [-0.2, -0.15) is 0 Å². The van der Waals surface area contributed by atoms with Crippen molar-refractivity contribution in [3.8, 4) is 17.1 Å². The predicted octanol–water partition coefficient (Wildman–Crippen LogP) is 5.24. The van der Waals surface area contributed by atoms with Gasteiger partial charge in [0.25, 0.3) is 0 Å². The molecule has 4 aromatic rings. The Balaban J connectivity index is 1.32. The number of pyridine rings is 2. The summed E-state index contributed by atoms with van der Waals surface area (Å²) in [5.74, 6) is 0.641. The molecule has 0 N–H and O–H groups in total. The van der Waals surface area contributed by atoms with E-state index >= 15 is 0 Å². The van der Waals surface area contributed by atoms with E-state index in [1.165, 1.54) is 5.69 Å². The maximum atomic E-state index is 6.12. The van der Waals surface area contributed by atoms with Gasteiger partial charge in [-0.05, 0) is 37.3 Å². The first-order valence-electron chi connectivity index (χ1n) is 11.6. The standard InChI is InChI=1S/C27H28ClN5O/c1-3-34-26-9-6-7-23(29-26)20(2)32-17-15-31(16-18-32)19-24-27(21-10-12-22(28)13-11-21)30-25-8-4-5-14-33(24)25/h4-14H,2-3,15-19H2,1H3. The average molecular weight is 474 g/mol. The normalized spacial score (nSPS) is 14.5. The lowest BCUT2D eigenvalue weighted by molar-refractivity contribution is 0.167. The number of imidazole rings is 1. The van der Waals surface area contributed by atoms with Crippen LogP contribution in [0.5, 0.6) is 5.88 Å². The molecule has 1 aliphatic heterocycles. The zero-order chi connectivity index (χ0) is 23.5. The Bertz CT molecular complexity index is 1290. The Kier molecular flexibility index (Phi) is 6.52. The van der Waals surface area contributed by atoms with Crippen molar-refractivity contribution in [1.29, 1.82) is 0 Å². The van der Waals surface area contributed by atoms with E-state index in [1.54, 1.807) is 0 Å². The highest BCUT2D eigenvalue weighted by Gasteiger charge is 2.22. The van der Waals surface area contributed by atoms with Crippen LogP contribution < -0.4 is 4.74 Å². The summed E-state index contributed by atoms with van der Waals surface area (Å²) in [7, 11) is 0. The summed E-state index contributed by atoms with van der Waals surface area (Å²) in [6.45, 7) is 11.4. The summed E-state index contributed by atoms with van der Waals surface area (Å²) in [6.07, 6.45) is 2.09. The van der Waals surface area contributed by atoms with Crippen molar-refractivity contribution < 1.29 is 4.74 Å². The summed E-state index contributed by atoms with van der Waals surface area (Å²) in [5.41, 5.74) is 6.04. The SMILES string of the molecule is C=C(c1cccc(OCC)n1)N1CCN(Cc2c(-c3ccc(Cl)cc3)nc3ccccn23)CC1. The summed E-state index contributed by atoms with van der Waals surface area (Å²) >= 11 is 6.12. The van der Waals surface area contributed by atoms with Gasteiger partial charge < -0.3 is 14.0 Å². The molecule has 0 saturated carbocycles. The smallest absolute Gasteiger partial charge is 0.213 e. The molecule has 174 valence electrons. The van der Waals surface area contributed by atoms with Crippen molar-refractivity contribution in [3.63, 3.8) is 0 Å². The Morgan fingerprint density at radius 1 is 0.971 bits per heavy atom. The molecule has 0 atom stereocenters. The number of rotatable bonds is 7. The second-order valence-electron chi connectivity index (χ2n) is 8.35. The van der Waals surface area contributed by atoms with Crippen LogP contribution in [0.3, 0.4) is 0 Å². The lowest BCUT2D eigenvalue weighted by atomic mass is 10.1. The Morgan fingerprint density at radius 2 is 1.76 bits per heavy atom. The third-order valence-corrected chi connectivity index (χ3v) is 6.44. The van der Waals surface area contributed by atoms with Crippen LogP contribution in [-0.2, 0) is 6.54 Å². The first-order valence-corrected chi connectivity index (χ1v) is 12.0. The molecule has 6 nitrogen and oxygen atoms in total. The minimum atomic E-state index is 0.600. The summed E-state index contributed by atoms with van der Waals surface area (Å²) in [6, 6.07) is 19.9. The van der Waals surface area contributed by atoms with Gasteiger partial charge >= 0.3 is 0 Å². The molecule has 0 bridgehead atoms. The maximum absolute atomic E-state index is 6.12. The number of piperazine rings is 1. The largest absolute Gasteiger partial charge is 0.478 e. The van der Waals surface area contributed by atoms with Crippen molar-refractivity contribution in [2.75, 3.05) is 32.8 Å². The summed E-state index contributed by atoms with van der Waals surface area (Å²) in [4.78, 5) is 14.3. The van der Waals surface area contributed by atoms with Crippen LogP contribution >= 0.6 is 11.6 Å². The second kappa shape index (κ2) is 9.87. The van der Waals surface area contributed by atoms with Gasteiger partial charge in [0.1, 0.15) is 5.65 Å². The minimum Gasteiger partial charge on any atom is -0.478 e. The average Bonchev–Trinajstić information content (AvgIpc) is 3.23. The lowest BCUT2D eigenvalue weighted by Crippen LogP contribution is -2.45. The van der Waals surface area contributed by atoms with Crippen molar-refractivity contribution >= 4 is 22.9 Å². The van der Waals surface area contributed by atoms with Gasteiger partial charge in [0, 0.05) is 55.6 Å². The molecule has 0 spiro atoms. The molecule has 34 heavy (non-hydrogen) atoms. The third kappa shape index (κ3) is 4.65. The highest BCUT2D eigenvalue weighted by molar-refractivity contribution is 6.30. The molecule has 0 aliphatic carbocycles. The minimum absolute atomic E-state index is 0.600. The molecule has 1 aromatic carbocycles. The number of hydrogen-bond donors (Lipinski definition) is 0. The van der Waals surface area contributed by atoms with Crippen LogP contribution in [0.2, 0.25) is 5.02 Å². The molecular formula is C27H28ClN5O. The molecule has 1 aliphatic rings. The zero-order valence-electron chi connectivity index (χ0n) is 19.3. The van der Waals surface area contributed by atoms with Gasteiger partial charge in [-0.1, -0.05) is 42.4 Å². The summed E-state index contributed by atoms with van der Waals surface area (Å²) in [5, 5.41) is 0.728. The van der Waals surface area contributed by atoms with Gasteiger partial charge in [-0.3, -0.25) is 4.90 Å². The quantitative estimate of drug-likeness (QED) is 0.367. The number of nitrogens with zero attached hydrogens (tertiary/aromatic N) is 5. The first kappa shape index (κ1) is 22.4. The Morgan fingerprint density at radius 3 is 2.53 bits per heavy atom. The number of ether oxygens (including phenoxy) is 1. The number of fused-ring (bicyclic) bond motifs is 1. The predicted molar refractivity (Wildman–Crippen MR) is 137 cm³/mol. The van der Waals surface area contributed by atoms with E-state index < -0.39 is 0 Å². The zero-order valence-corrected chi connectivity index (χ0v) is 20.1. The highest BCUT2D eigenvalue weighted by atomic mass is 35.5.